The molecule has 6 aromatic rings. The molecule has 0 aliphatic carbocycles. The van der Waals surface area contributed by atoms with Crippen LogP contribution in [0.1, 0.15) is 28.8 Å². The monoisotopic (exact) mass is 723 g/mol. The van der Waals surface area contributed by atoms with Crippen LogP contribution in [0.2, 0.25) is 0 Å². The maximum Gasteiger partial charge on any atom is 0.274 e. The first-order chi connectivity index (χ1) is 26.4. The molecule has 0 aromatic heterocycles. The number of anilines is 1. The molecule has 0 saturated carbocycles. The fourth-order valence-corrected chi connectivity index (χ4v) is 6.19. The van der Waals surface area contributed by atoms with Crippen LogP contribution >= 0.6 is 0 Å². The Balaban J connectivity index is 1.17. The zero-order chi connectivity index (χ0) is 37.7. The van der Waals surface area contributed by atoms with Crippen LogP contribution in [0.5, 0.6) is 11.5 Å². The minimum atomic E-state index is -0.873. The minimum absolute atomic E-state index is 0.205. The Morgan fingerprint density at radius 3 is 2.06 bits per heavy atom. The Bertz CT molecular complexity index is 2260. The van der Waals surface area contributed by atoms with Crippen molar-refractivity contribution in [2.24, 2.45) is 0 Å². The number of ether oxygens (including phenoxy) is 2. The standard InChI is InChI=1S/C44H42N4O6/c1-2-26-52-38-23-21-31-14-6-8-18-35(31)41(38)42-36-19-9-7-15-32(36)22-24-39(42)53-29-40(49)47-37(20-11-25-45)44(51)46-34-17-10-16-33(27-34)43(50)48-54-28-30-12-4-3-5-13-30/h2-10,12-19,21-24,27,37H,1,11,20,25-26,28-29,45H2,(H,46,51)(H,47,49)(H,48,50)/p+1/t37-/m1/s1. The van der Waals surface area contributed by atoms with E-state index in [-0.39, 0.29) is 13.2 Å². The van der Waals surface area contributed by atoms with Gasteiger partial charge >= 0.3 is 0 Å². The SMILES string of the molecule is C=CCOc1ccc2ccccc2c1-c1c(OCC(=O)N[C@H](CCC[NH3+])C(=O)Nc2cccc(C(=O)NOCc3ccccc3)c2)ccc2ccccc12. The summed E-state index contributed by atoms with van der Waals surface area (Å²) in [6.45, 7) is 4.57. The van der Waals surface area contributed by atoms with Gasteiger partial charge < -0.3 is 25.8 Å². The molecule has 6 rings (SSSR count). The largest absolute Gasteiger partial charge is 0.489 e. The van der Waals surface area contributed by atoms with Gasteiger partial charge in [-0.05, 0) is 70.3 Å². The summed E-state index contributed by atoms with van der Waals surface area (Å²) in [6, 6.07) is 38.9. The zero-order valence-corrected chi connectivity index (χ0v) is 29.9. The van der Waals surface area contributed by atoms with E-state index in [1.165, 1.54) is 0 Å². The number of carbonyl (C=O) groups excluding carboxylic acids is 3. The van der Waals surface area contributed by atoms with Crippen LogP contribution in [0.4, 0.5) is 5.69 Å². The summed E-state index contributed by atoms with van der Waals surface area (Å²) in [4.78, 5) is 45.2. The average molecular weight is 724 g/mol. The maximum absolute atomic E-state index is 13.5. The third kappa shape index (κ3) is 9.29. The van der Waals surface area contributed by atoms with Gasteiger partial charge in [-0.2, -0.15) is 0 Å². The van der Waals surface area contributed by atoms with E-state index in [0.717, 1.165) is 38.2 Å². The van der Waals surface area contributed by atoms with Gasteiger partial charge in [0.1, 0.15) is 24.1 Å². The minimum Gasteiger partial charge on any atom is -0.489 e. The molecule has 3 amide bonds. The summed E-state index contributed by atoms with van der Waals surface area (Å²) in [5.41, 5.74) is 9.56. The van der Waals surface area contributed by atoms with E-state index in [1.54, 1.807) is 30.3 Å². The Morgan fingerprint density at radius 2 is 1.39 bits per heavy atom. The number of nitrogens with one attached hydrogen (secondary N) is 3. The molecule has 0 saturated heterocycles. The molecule has 0 radical (unpaired) electrons. The third-order valence-electron chi connectivity index (χ3n) is 8.78. The molecule has 0 heterocycles. The van der Waals surface area contributed by atoms with E-state index in [4.69, 9.17) is 14.3 Å². The number of hydrogen-bond donors (Lipinski definition) is 4. The van der Waals surface area contributed by atoms with Gasteiger partial charge in [-0.25, -0.2) is 5.48 Å². The number of fused-ring (bicyclic) bond motifs is 2. The normalized spacial score (nSPS) is 11.4. The molecule has 0 aliphatic heterocycles. The van der Waals surface area contributed by atoms with Crippen LogP contribution in [0.25, 0.3) is 32.7 Å². The van der Waals surface area contributed by atoms with Gasteiger partial charge in [0.25, 0.3) is 11.8 Å². The summed E-state index contributed by atoms with van der Waals surface area (Å²) < 4.78 is 12.5. The number of rotatable bonds is 17. The molecule has 0 fully saturated rings. The lowest BCUT2D eigenvalue weighted by Gasteiger charge is -2.21. The number of quaternary nitrogens is 1. The fourth-order valence-electron chi connectivity index (χ4n) is 6.19. The molecule has 10 heteroatoms. The summed E-state index contributed by atoms with van der Waals surface area (Å²) in [5, 5.41) is 9.61. The van der Waals surface area contributed by atoms with Gasteiger partial charge in [-0.15, -0.1) is 0 Å². The molecular weight excluding hydrogens is 681 g/mol. The van der Waals surface area contributed by atoms with Gasteiger partial charge in [0.15, 0.2) is 6.61 Å². The predicted octanol–water partition coefficient (Wildman–Crippen LogP) is 6.61. The van der Waals surface area contributed by atoms with E-state index >= 15 is 0 Å². The van der Waals surface area contributed by atoms with Crippen molar-refractivity contribution in [3.05, 3.63) is 151 Å². The number of hydroxylamine groups is 1. The van der Waals surface area contributed by atoms with Crippen LogP contribution < -0.4 is 31.3 Å². The van der Waals surface area contributed by atoms with Gasteiger partial charge in [0, 0.05) is 22.4 Å². The first-order valence-corrected chi connectivity index (χ1v) is 17.8. The van der Waals surface area contributed by atoms with E-state index < -0.39 is 23.8 Å². The molecule has 6 N–H and O–H groups in total. The number of benzene rings is 6. The first-order valence-electron chi connectivity index (χ1n) is 17.8. The Morgan fingerprint density at radius 1 is 0.741 bits per heavy atom. The Kier molecular flexibility index (Phi) is 12.6. The van der Waals surface area contributed by atoms with Crippen molar-refractivity contribution >= 4 is 45.0 Å². The van der Waals surface area contributed by atoms with Gasteiger partial charge in [0.2, 0.25) is 5.91 Å². The van der Waals surface area contributed by atoms with Crippen LogP contribution in [0, 0.1) is 0 Å². The quantitative estimate of drug-likeness (QED) is 0.0617. The topological polar surface area (TPSA) is 143 Å². The number of amides is 3. The Hall–Kier alpha value is -6.49. The van der Waals surface area contributed by atoms with Crippen molar-refractivity contribution in [2.75, 3.05) is 25.1 Å². The number of carbonyl (C=O) groups is 3. The van der Waals surface area contributed by atoms with Crippen molar-refractivity contribution in [1.29, 1.82) is 0 Å². The van der Waals surface area contributed by atoms with E-state index in [9.17, 15) is 14.4 Å². The highest BCUT2D eigenvalue weighted by Gasteiger charge is 2.23. The molecule has 0 bridgehead atoms. The molecule has 274 valence electrons. The summed E-state index contributed by atoms with van der Waals surface area (Å²) in [6.07, 6.45) is 2.65. The second-order valence-corrected chi connectivity index (χ2v) is 12.6. The molecule has 0 unspecified atom stereocenters. The molecule has 10 nitrogen and oxygen atoms in total. The summed E-state index contributed by atoms with van der Waals surface area (Å²) in [7, 11) is 0. The molecular formula is C44H43N4O6+. The first kappa shape index (κ1) is 37.3. The van der Waals surface area contributed by atoms with E-state index in [0.29, 0.717) is 48.7 Å². The van der Waals surface area contributed by atoms with Gasteiger partial charge in [-0.1, -0.05) is 110 Å². The van der Waals surface area contributed by atoms with Crippen molar-refractivity contribution < 1.29 is 34.4 Å². The van der Waals surface area contributed by atoms with Crippen LogP contribution in [0.15, 0.2) is 140 Å². The second-order valence-electron chi connectivity index (χ2n) is 12.6. The van der Waals surface area contributed by atoms with Gasteiger partial charge in [-0.3, -0.25) is 19.2 Å². The molecule has 0 aliphatic rings. The zero-order valence-electron chi connectivity index (χ0n) is 29.9. The van der Waals surface area contributed by atoms with Crippen LogP contribution in [-0.4, -0.2) is 43.5 Å². The lowest BCUT2D eigenvalue weighted by atomic mass is 9.92. The highest BCUT2D eigenvalue weighted by molar-refractivity contribution is 6.10. The summed E-state index contributed by atoms with van der Waals surface area (Å²) in [5.74, 6) is -0.211. The lowest BCUT2D eigenvalue weighted by molar-refractivity contribution is -0.368. The second kappa shape index (κ2) is 18.3. The molecule has 6 aromatic carbocycles. The fraction of sp³-hybridized carbons (Fsp3) is 0.159. The highest BCUT2D eigenvalue weighted by atomic mass is 16.6. The smallest absolute Gasteiger partial charge is 0.274 e. The van der Waals surface area contributed by atoms with Crippen molar-refractivity contribution in [3.8, 4) is 22.6 Å². The third-order valence-corrected chi connectivity index (χ3v) is 8.78. The van der Waals surface area contributed by atoms with Gasteiger partial charge in [0.05, 0.1) is 13.2 Å². The van der Waals surface area contributed by atoms with E-state index in [1.807, 2.05) is 103 Å². The van der Waals surface area contributed by atoms with Crippen LogP contribution in [-0.2, 0) is 21.0 Å². The van der Waals surface area contributed by atoms with Crippen LogP contribution in [0.3, 0.4) is 0 Å². The maximum atomic E-state index is 13.5. The van der Waals surface area contributed by atoms with Crippen molar-refractivity contribution in [2.45, 2.75) is 25.5 Å². The highest BCUT2D eigenvalue weighted by Crippen LogP contribution is 2.45. The summed E-state index contributed by atoms with van der Waals surface area (Å²) >= 11 is 0. The van der Waals surface area contributed by atoms with Crippen molar-refractivity contribution in [3.63, 3.8) is 0 Å². The molecule has 1 atom stereocenters. The van der Waals surface area contributed by atoms with Crippen molar-refractivity contribution in [1.82, 2.24) is 10.8 Å². The Labute approximate surface area is 313 Å². The number of hydrogen-bond acceptors (Lipinski definition) is 6. The average Bonchev–Trinajstić information content (AvgIpc) is 3.20. The predicted molar refractivity (Wildman–Crippen MR) is 211 cm³/mol. The lowest BCUT2D eigenvalue weighted by Crippen LogP contribution is -2.51. The molecule has 0 spiro atoms. The molecule has 54 heavy (non-hydrogen) atoms. The van der Waals surface area contributed by atoms with E-state index in [2.05, 4.69) is 28.4 Å².